The van der Waals surface area contributed by atoms with Gasteiger partial charge in [-0.1, -0.05) is 36.9 Å². The molecule has 1 heterocycles. The number of hydrogen-bond acceptors (Lipinski definition) is 2. The molecule has 2 nitrogen and oxygen atoms in total. The van der Waals surface area contributed by atoms with Crippen LogP contribution in [0.1, 0.15) is 30.5 Å². The third kappa shape index (κ3) is 1.84. The summed E-state index contributed by atoms with van der Waals surface area (Å²) in [5.41, 5.74) is 3.33. The highest BCUT2D eigenvalue weighted by Crippen LogP contribution is 2.42. The molecule has 0 fully saturated rings. The van der Waals surface area contributed by atoms with E-state index in [1.165, 1.54) is 0 Å². The Balaban J connectivity index is 2.80. The summed E-state index contributed by atoms with van der Waals surface area (Å²) in [5.74, 6) is 0.581. The van der Waals surface area contributed by atoms with Crippen LogP contribution in [-0.4, -0.2) is 5.11 Å². The number of aryl methyl sites for hydroxylation is 1. The average Bonchev–Trinajstić information content (AvgIpc) is 2.26. The quantitative estimate of drug-likeness (QED) is 0.786. The second-order valence-electron chi connectivity index (χ2n) is 5.05. The Bertz CT molecular complexity index is 562. The van der Waals surface area contributed by atoms with Crippen LogP contribution in [0.2, 0.25) is 0 Å². The molecule has 94 valence electrons. The van der Waals surface area contributed by atoms with Gasteiger partial charge in [0, 0.05) is 5.56 Å². The van der Waals surface area contributed by atoms with E-state index in [0.717, 1.165) is 16.7 Å². The van der Waals surface area contributed by atoms with E-state index in [1.54, 1.807) is 6.08 Å². The average molecular weight is 242 g/mol. The molecule has 0 unspecified atom stereocenters. The molecule has 1 aromatic rings. The standard InChI is InChI=1S/C16H18O2/c1-6-14-15(11(3)17)12-9-10(2)7-8-13(12)16(4,5)18-14/h6-9,17H,1,3H2,2,4-5H3. The molecule has 1 aliphatic heterocycles. The second-order valence-corrected chi connectivity index (χ2v) is 5.05. The lowest BCUT2D eigenvalue weighted by atomic mass is 9.84. The van der Waals surface area contributed by atoms with Gasteiger partial charge in [-0.2, -0.15) is 0 Å². The summed E-state index contributed by atoms with van der Waals surface area (Å²) in [6, 6.07) is 6.12. The lowest BCUT2D eigenvalue weighted by Gasteiger charge is -2.35. The number of fused-ring (bicyclic) bond motifs is 1. The van der Waals surface area contributed by atoms with E-state index in [1.807, 2.05) is 39.0 Å². The minimum absolute atomic E-state index is 0.00671. The highest BCUT2D eigenvalue weighted by Gasteiger charge is 2.33. The summed E-state index contributed by atoms with van der Waals surface area (Å²) in [6.45, 7) is 13.4. The van der Waals surface area contributed by atoms with Gasteiger partial charge in [-0.25, -0.2) is 0 Å². The van der Waals surface area contributed by atoms with E-state index in [0.29, 0.717) is 11.3 Å². The summed E-state index contributed by atoms with van der Waals surface area (Å²) in [7, 11) is 0. The molecule has 1 N–H and O–H groups in total. The number of hydrogen-bond donors (Lipinski definition) is 1. The molecular weight excluding hydrogens is 224 g/mol. The van der Waals surface area contributed by atoms with Crippen LogP contribution >= 0.6 is 0 Å². The molecule has 1 aliphatic rings. The Morgan fingerprint density at radius 2 is 2.06 bits per heavy atom. The lowest BCUT2D eigenvalue weighted by Crippen LogP contribution is -2.27. The molecule has 18 heavy (non-hydrogen) atoms. The number of allylic oxidation sites excluding steroid dienone is 2. The highest BCUT2D eigenvalue weighted by molar-refractivity contribution is 5.83. The maximum atomic E-state index is 9.81. The van der Waals surface area contributed by atoms with Gasteiger partial charge >= 0.3 is 0 Å². The van der Waals surface area contributed by atoms with Crippen molar-refractivity contribution < 1.29 is 9.84 Å². The van der Waals surface area contributed by atoms with E-state index in [2.05, 4.69) is 13.2 Å². The van der Waals surface area contributed by atoms with Crippen LogP contribution in [-0.2, 0) is 10.3 Å². The molecule has 0 aliphatic carbocycles. The van der Waals surface area contributed by atoms with Gasteiger partial charge in [0.1, 0.15) is 17.1 Å². The molecule has 0 aromatic heterocycles. The fraction of sp³-hybridized carbons (Fsp3) is 0.250. The van der Waals surface area contributed by atoms with Crippen molar-refractivity contribution in [3.63, 3.8) is 0 Å². The molecule has 0 saturated heterocycles. The topological polar surface area (TPSA) is 29.5 Å². The molecule has 0 spiro atoms. The molecular formula is C16H18O2. The Labute approximate surface area is 108 Å². The summed E-state index contributed by atoms with van der Waals surface area (Å²) < 4.78 is 5.90. The van der Waals surface area contributed by atoms with E-state index >= 15 is 0 Å². The van der Waals surface area contributed by atoms with Gasteiger partial charge in [0.25, 0.3) is 0 Å². The maximum Gasteiger partial charge on any atom is 0.131 e. The first-order valence-electron chi connectivity index (χ1n) is 5.92. The second kappa shape index (κ2) is 4.05. The first kappa shape index (κ1) is 12.5. The predicted octanol–water partition coefficient (Wildman–Crippen LogP) is 4.23. The minimum atomic E-state index is -0.439. The molecule has 2 heteroatoms. The summed E-state index contributed by atoms with van der Waals surface area (Å²) in [5, 5.41) is 9.81. The van der Waals surface area contributed by atoms with E-state index in [4.69, 9.17) is 4.74 Å². The van der Waals surface area contributed by atoms with Crippen molar-refractivity contribution >= 4 is 5.57 Å². The molecule has 0 bridgehead atoms. The first-order valence-corrected chi connectivity index (χ1v) is 5.92. The van der Waals surface area contributed by atoms with Gasteiger partial charge in [-0.15, -0.1) is 0 Å². The van der Waals surface area contributed by atoms with Crippen LogP contribution < -0.4 is 0 Å². The van der Waals surface area contributed by atoms with Crippen LogP contribution in [0, 0.1) is 6.92 Å². The SMILES string of the molecule is C=CC1=C(C(=C)O)c2cc(C)ccc2C(C)(C)O1. The summed E-state index contributed by atoms with van der Waals surface area (Å²) >= 11 is 0. The number of aliphatic hydroxyl groups excluding tert-OH is 1. The Kier molecular flexibility index (Phi) is 2.81. The Morgan fingerprint density at radius 1 is 1.39 bits per heavy atom. The molecule has 0 amide bonds. The zero-order valence-electron chi connectivity index (χ0n) is 11.1. The van der Waals surface area contributed by atoms with Crippen molar-refractivity contribution in [2.24, 2.45) is 0 Å². The molecule has 1 aromatic carbocycles. The van der Waals surface area contributed by atoms with Crippen molar-refractivity contribution in [2.75, 3.05) is 0 Å². The first-order chi connectivity index (χ1) is 8.36. The number of aliphatic hydroxyl groups is 1. The van der Waals surface area contributed by atoms with E-state index < -0.39 is 5.60 Å². The summed E-state index contributed by atoms with van der Waals surface area (Å²) in [6.07, 6.45) is 1.61. The van der Waals surface area contributed by atoms with Crippen LogP contribution in [0.15, 0.2) is 49.0 Å². The molecule has 2 rings (SSSR count). The number of ether oxygens (including phenoxy) is 1. The fourth-order valence-corrected chi connectivity index (χ4v) is 2.34. The maximum absolute atomic E-state index is 9.81. The summed E-state index contributed by atoms with van der Waals surface area (Å²) in [4.78, 5) is 0. The van der Waals surface area contributed by atoms with Crippen molar-refractivity contribution in [1.82, 2.24) is 0 Å². The predicted molar refractivity (Wildman–Crippen MR) is 74.2 cm³/mol. The third-order valence-electron chi connectivity index (χ3n) is 3.18. The van der Waals surface area contributed by atoms with Gasteiger partial charge in [0.05, 0.1) is 5.57 Å². The van der Waals surface area contributed by atoms with Crippen molar-refractivity contribution in [3.8, 4) is 0 Å². The van der Waals surface area contributed by atoms with Crippen LogP contribution in [0.3, 0.4) is 0 Å². The molecule has 0 radical (unpaired) electrons. The van der Waals surface area contributed by atoms with Crippen LogP contribution in [0.4, 0.5) is 0 Å². The number of rotatable bonds is 2. The van der Waals surface area contributed by atoms with Gasteiger partial charge in [-0.05, 0) is 32.4 Å². The van der Waals surface area contributed by atoms with Crippen LogP contribution in [0.25, 0.3) is 5.57 Å². The zero-order valence-corrected chi connectivity index (χ0v) is 11.1. The fourth-order valence-electron chi connectivity index (χ4n) is 2.34. The van der Waals surface area contributed by atoms with Gasteiger partial charge < -0.3 is 9.84 Å². The lowest BCUT2D eigenvalue weighted by molar-refractivity contribution is 0.0355. The largest absolute Gasteiger partial charge is 0.508 e. The highest BCUT2D eigenvalue weighted by atomic mass is 16.5. The monoisotopic (exact) mass is 242 g/mol. The Morgan fingerprint density at radius 3 is 2.61 bits per heavy atom. The van der Waals surface area contributed by atoms with Gasteiger partial charge in [-0.3, -0.25) is 0 Å². The smallest absolute Gasteiger partial charge is 0.131 e. The molecule has 0 saturated carbocycles. The van der Waals surface area contributed by atoms with Crippen molar-refractivity contribution in [2.45, 2.75) is 26.4 Å². The van der Waals surface area contributed by atoms with Crippen molar-refractivity contribution in [1.29, 1.82) is 0 Å². The number of benzene rings is 1. The van der Waals surface area contributed by atoms with E-state index in [-0.39, 0.29) is 5.76 Å². The van der Waals surface area contributed by atoms with Crippen molar-refractivity contribution in [3.05, 3.63) is 65.6 Å². The molecule has 0 atom stereocenters. The third-order valence-corrected chi connectivity index (χ3v) is 3.18. The Hall–Kier alpha value is -1.96. The van der Waals surface area contributed by atoms with Gasteiger partial charge in [0.15, 0.2) is 0 Å². The minimum Gasteiger partial charge on any atom is -0.508 e. The van der Waals surface area contributed by atoms with Gasteiger partial charge in [0.2, 0.25) is 0 Å². The van der Waals surface area contributed by atoms with E-state index in [9.17, 15) is 5.11 Å². The van der Waals surface area contributed by atoms with Crippen LogP contribution in [0.5, 0.6) is 0 Å². The normalized spacial score (nSPS) is 16.8. The zero-order chi connectivity index (χ0) is 13.5.